The monoisotopic (exact) mass is 345 g/mol. The summed E-state index contributed by atoms with van der Waals surface area (Å²) in [5, 5.41) is 10.4. The highest BCUT2D eigenvalue weighted by Crippen LogP contribution is 2.34. The van der Waals surface area contributed by atoms with Crippen LogP contribution in [0.3, 0.4) is 0 Å². The quantitative estimate of drug-likeness (QED) is 0.466. The zero-order valence-corrected chi connectivity index (χ0v) is 14.0. The van der Waals surface area contributed by atoms with E-state index in [9.17, 15) is 4.79 Å². The third-order valence-corrected chi connectivity index (χ3v) is 5.32. The minimum atomic E-state index is -0.227. The Labute approximate surface area is 145 Å². The van der Waals surface area contributed by atoms with Gasteiger partial charge in [0.05, 0.1) is 5.52 Å². The van der Waals surface area contributed by atoms with Gasteiger partial charge < -0.3 is 0 Å². The van der Waals surface area contributed by atoms with Crippen LogP contribution >= 0.6 is 11.3 Å². The fourth-order valence-electron chi connectivity index (χ4n) is 3.06. The molecular weight excluding hydrogens is 334 g/mol. The number of fused-ring (bicyclic) bond motifs is 4. The van der Waals surface area contributed by atoms with Crippen molar-refractivity contribution in [2.45, 2.75) is 6.92 Å². The second-order valence-electron chi connectivity index (χ2n) is 5.71. The highest BCUT2D eigenvalue weighted by Gasteiger charge is 2.18. The molecule has 0 radical (unpaired) electrons. The van der Waals surface area contributed by atoms with Gasteiger partial charge in [-0.25, -0.2) is 9.97 Å². The van der Waals surface area contributed by atoms with Gasteiger partial charge in [0, 0.05) is 17.0 Å². The summed E-state index contributed by atoms with van der Waals surface area (Å²) in [6.07, 6.45) is 1.62. The van der Waals surface area contributed by atoms with Gasteiger partial charge in [-0.15, -0.1) is 16.4 Å². The number of thiophene rings is 1. The van der Waals surface area contributed by atoms with Gasteiger partial charge in [0.25, 0.3) is 5.56 Å². The van der Waals surface area contributed by atoms with Gasteiger partial charge >= 0.3 is 0 Å². The molecule has 0 saturated heterocycles. The molecule has 4 aromatic heterocycles. The Kier molecular flexibility index (Phi) is 2.92. The Morgan fingerprint density at radius 2 is 1.92 bits per heavy atom. The summed E-state index contributed by atoms with van der Waals surface area (Å²) in [6.45, 7) is 2.03. The third-order valence-electron chi connectivity index (χ3n) is 4.26. The molecule has 0 amide bonds. The largest absolute Gasteiger partial charge is 0.293 e. The molecule has 4 heterocycles. The number of aromatic nitrogens is 5. The second-order valence-corrected chi connectivity index (χ2v) is 6.71. The molecule has 0 aliphatic carbocycles. The summed E-state index contributed by atoms with van der Waals surface area (Å²) in [7, 11) is 0. The zero-order valence-electron chi connectivity index (χ0n) is 13.2. The van der Waals surface area contributed by atoms with E-state index in [0.29, 0.717) is 16.0 Å². The average molecular weight is 345 g/mol. The summed E-state index contributed by atoms with van der Waals surface area (Å²) in [5.74, 6) is 0.453. The zero-order chi connectivity index (χ0) is 17.0. The molecule has 5 rings (SSSR count). The number of hydrogen-bond acceptors (Lipinski definition) is 6. The predicted octanol–water partition coefficient (Wildman–Crippen LogP) is 3.25. The van der Waals surface area contributed by atoms with Gasteiger partial charge in [0.1, 0.15) is 15.0 Å². The number of nitrogens with zero attached hydrogens (tertiary/aromatic N) is 5. The summed E-state index contributed by atoms with van der Waals surface area (Å²) >= 11 is 1.35. The molecule has 6 nitrogen and oxygen atoms in total. The van der Waals surface area contributed by atoms with E-state index in [1.807, 2.05) is 37.3 Å². The highest BCUT2D eigenvalue weighted by molar-refractivity contribution is 7.25. The van der Waals surface area contributed by atoms with Crippen LogP contribution in [0.4, 0.5) is 0 Å². The number of aryl methyl sites for hydroxylation is 1. The van der Waals surface area contributed by atoms with Gasteiger partial charge in [0.2, 0.25) is 0 Å². The normalized spacial score (nSPS) is 11.6. The standard InChI is InChI=1S/C18H11N5OS/c1-10-11-6-2-3-7-12(11)20-17-14(10)15-16(25-17)18(24)23(22-21-15)13-8-4-5-9-19-13/h2-9H,1H3. The Balaban J connectivity index is 1.91. The predicted molar refractivity (Wildman–Crippen MR) is 98.4 cm³/mol. The van der Waals surface area contributed by atoms with E-state index in [4.69, 9.17) is 4.98 Å². The molecule has 0 aliphatic heterocycles. The van der Waals surface area contributed by atoms with Crippen molar-refractivity contribution in [2.24, 2.45) is 0 Å². The topological polar surface area (TPSA) is 73.6 Å². The van der Waals surface area contributed by atoms with E-state index in [1.165, 1.54) is 16.0 Å². The van der Waals surface area contributed by atoms with E-state index >= 15 is 0 Å². The lowest BCUT2D eigenvalue weighted by molar-refractivity contribution is 0.722. The fourth-order valence-corrected chi connectivity index (χ4v) is 4.16. The molecule has 7 heteroatoms. The second kappa shape index (κ2) is 5.15. The first-order valence-corrected chi connectivity index (χ1v) is 8.54. The van der Waals surface area contributed by atoms with Gasteiger partial charge in [-0.2, -0.15) is 4.68 Å². The van der Waals surface area contributed by atoms with E-state index in [-0.39, 0.29) is 5.56 Å². The first-order valence-electron chi connectivity index (χ1n) is 7.73. The maximum atomic E-state index is 12.9. The van der Waals surface area contributed by atoms with Crippen LogP contribution in [0.15, 0.2) is 53.5 Å². The molecule has 0 spiro atoms. The number of rotatable bonds is 1. The molecule has 120 valence electrons. The lowest BCUT2D eigenvalue weighted by atomic mass is 10.1. The minimum Gasteiger partial charge on any atom is -0.266 e. The molecule has 0 bridgehead atoms. The minimum absolute atomic E-state index is 0.227. The molecule has 0 saturated carbocycles. The van der Waals surface area contributed by atoms with E-state index < -0.39 is 0 Å². The maximum absolute atomic E-state index is 12.9. The van der Waals surface area contributed by atoms with Gasteiger partial charge in [-0.05, 0) is 30.7 Å². The van der Waals surface area contributed by atoms with Crippen LogP contribution in [0.5, 0.6) is 0 Å². The first-order chi connectivity index (χ1) is 12.2. The van der Waals surface area contributed by atoms with Crippen molar-refractivity contribution in [3.05, 3.63) is 64.6 Å². The molecular formula is C18H11N5OS. The number of pyridine rings is 2. The van der Waals surface area contributed by atoms with Crippen LogP contribution in [0, 0.1) is 6.92 Å². The van der Waals surface area contributed by atoms with Crippen molar-refractivity contribution in [2.75, 3.05) is 0 Å². The smallest absolute Gasteiger partial charge is 0.266 e. The van der Waals surface area contributed by atoms with Gasteiger partial charge in [0.15, 0.2) is 5.82 Å². The van der Waals surface area contributed by atoms with Crippen LogP contribution < -0.4 is 5.56 Å². The fraction of sp³-hybridized carbons (Fsp3) is 0.0556. The molecule has 0 fully saturated rings. The van der Waals surface area contributed by atoms with E-state index in [0.717, 1.165) is 26.7 Å². The Morgan fingerprint density at radius 1 is 1.08 bits per heavy atom. The van der Waals surface area contributed by atoms with Crippen molar-refractivity contribution in [3.63, 3.8) is 0 Å². The number of benzene rings is 1. The lowest BCUT2D eigenvalue weighted by Crippen LogP contribution is -2.22. The van der Waals surface area contributed by atoms with Crippen LogP contribution in [0.2, 0.25) is 0 Å². The summed E-state index contributed by atoms with van der Waals surface area (Å²) < 4.78 is 1.77. The first kappa shape index (κ1) is 14.2. The summed E-state index contributed by atoms with van der Waals surface area (Å²) in [4.78, 5) is 22.6. The van der Waals surface area contributed by atoms with Crippen molar-refractivity contribution < 1.29 is 0 Å². The molecule has 25 heavy (non-hydrogen) atoms. The SMILES string of the molecule is Cc1c2ccccc2nc2sc3c(=O)n(-c4ccccn4)nnc3c12. The summed E-state index contributed by atoms with van der Waals surface area (Å²) in [6, 6.07) is 13.3. The number of hydrogen-bond donors (Lipinski definition) is 0. The van der Waals surface area contributed by atoms with Crippen LogP contribution in [0.1, 0.15) is 5.56 Å². The van der Waals surface area contributed by atoms with Gasteiger partial charge in [-0.3, -0.25) is 4.79 Å². The van der Waals surface area contributed by atoms with Crippen molar-refractivity contribution in [3.8, 4) is 5.82 Å². The lowest BCUT2D eigenvalue weighted by Gasteiger charge is -2.03. The van der Waals surface area contributed by atoms with Gasteiger partial charge in [-0.1, -0.05) is 29.5 Å². The summed E-state index contributed by atoms with van der Waals surface area (Å²) in [5.41, 5.74) is 2.36. The van der Waals surface area contributed by atoms with E-state index in [2.05, 4.69) is 15.3 Å². The molecule has 0 aliphatic rings. The van der Waals surface area contributed by atoms with Crippen LogP contribution in [-0.4, -0.2) is 25.0 Å². The average Bonchev–Trinajstić information content (AvgIpc) is 3.02. The molecule has 5 aromatic rings. The Bertz CT molecular complexity index is 1320. The van der Waals surface area contributed by atoms with E-state index in [1.54, 1.807) is 18.3 Å². The Morgan fingerprint density at radius 3 is 2.76 bits per heavy atom. The van der Waals surface area contributed by atoms with Crippen molar-refractivity contribution in [1.82, 2.24) is 25.0 Å². The third kappa shape index (κ3) is 1.99. The maximum Gasteiger partial charge on any atom is 0.293 e. The molecule has 0 N–H and O–H groups in total. The van der Waals surface area contributed by atoms with Crippen molar-refractivity contribution in [1.29, 1.82) is 0 Å². The van der Waals surface area contributed by atoms with Crippen LogP contribution in [0.25, 0.3) is 37.2 Å². The molecule has 0 unspecified atom stereocenters. The molecule has 0 atom stereocenters. The highest BCUT2D eigenvalue weighted by atomic mass is 32.1. The Hall–Kier alpha value is -3.19. The van der Waals surface area contributed by atoms with Crippen LogP contribution in [-0.2, 0) is 0 Å². The van der Waals surface area contributed by atoms with Crippen molar-refractivity contribution >= 4 is 42.7 Å². The molecule has 1 aromatic carbocycles. The number of para-hydroxylation sites is 1.